The zero-order valence-electron chi connectivity index (χ0n) is 9.38. The van der Waals surface area contributed by atoms with E-state index in [0.717, 1.165) is 17.7 Å². The third kappa shape index (κ3) is 2.43. The van der Waals surface area contributed by atoms with Crippen LogP contribution in [-0.2, 0) is 0 Å². The molecule has 0 amide bonds. The minimum atomic E-state index is -0.793. The summed E-state index contributed by atoms with van der Waals surface area (Å²) in [4.78, 5) is 3.94. The summed E-state index contributed by atoms with van der Waals surface area (Å²) in [5, 5.41) is 0. The minimum absolute atomic E-state index is 0.103. The van der Waals surface area contributed by atoms with Crippen LogP contribution in [-0.4, -0.2) is 4.98 Å². The van der Waals surface area contributed by atoms with Crippen LogP contribution < -0.4 is 10.5 Å². The van der Waals surface area contributed by atoms with E-state index in [1.807, 2.05) is 0 Å². The number of benzene rings is 1. The highest BCUT2D eigenvalue weighted by Gasteiger charge is 2.12. The van der Waals surface area contributed by atoms with Crippen molar-refractivity contribution < 1.29 is 13.5 Å². The fourth-order valence-electron chi connectivity index (χ4n) is 1.30. The Bertz CT molecular complexity index is 605. The Morgan fingerprint density at radius 2 is 2.06 bits per heavy atom. The van der Waals surface area contributed by atoms with Gasteiger partial charge in [-0.05, 0) is 40.5 Å². The van der Waals surface area contributed by atoms with Crippen molar-refractivity contribution in [3.8, 4) is 11.6 Å². The van der Waals surface area contributed by atoms with Gasteiger partial charge >= 0.3 is 0 Å². The molecule has 2 rings (SSSR count). The lowest BCUT2D eigenvalue weighted by Gasteiger charge is -2.10. The monoisotopic (exact) mass is 314 g/mol. The van der Waals surface area contributed by atoms with Gasteiger partial charge < -0.3 is 10.5 Å². The van der Waals surface area contributed by atoms with Gasteiger partial charge in [0.15, 0.2) is 11.6 Å². The molecule has 0 aliphatic heterocycles. The molecule has 2 aromatic rings. The highest BCUT2D eigenvalue weighted by atomic mass is 79.9. The highest BCUT2D eigenvalue weighted by molar-refractivity contribution is 9.10. The molecule has 1 aromatic carbocycles. The van der Waals surface area contributed by atoms with E-state index in [1.54, 1.807) is 6.92 Å². The number of rotatable bonds is 2. The van der Waals surface area contributed by atoms with Gasteiger partial charge in [0.1, 0.15) is 5.82 Å². The third-order valence-electron chi connectivity index (χ3n) is 2.37. The Labute approximate surface area is 111 Å². The van der Waals surface area contributed by atoms with Crippen LogP contribution in [0.3, 0.4) is 0 Å². The number of nitrogen functional groups attached to an aromatic ring is 1. The molecule has 0 bridgehead atoms. The standard InChI is InChI=1S/C12H9BrF2N2O/c1-6-9(16)5-17-12(11(6)13)18-10-3-2-7(14)4-8(10)15/h2-5H,16H2,1H3. The molecule has 0 aliphatic carbocycles. The second-order valence-electron chi connectivity index (χ2n) is 3.63. The van der Waals surface area contributed by atoms with Gasteiger partial charge in [-0.25, -0.2) is 13.8 Å². The van der Waals surface area contributed by atoms with Gasteiger partial charge in [-0.15, -0.1) is 0 Å². The summed E-state index contributed by atoms with van der Waals surface area (Å²) >= 11 is 3.26. The summed E-state index contributed by atoms with van der Waals surface area (Å²) < 4.78 is 32.0. The van der Waals surface area contributed by atoms with Crippen LogP contribution in [0.5, 0.6) is 11.6 Å². The quantitative estimate of drug-likeness (QED) is 0.917. The normalized spacial score (nSPS) is 10.4. The van der Waals surface area contributed by atoms with E-state index in [-0.39, 0.29) is 11.6 Å². The number of hydrogen-bond donors (Lipinski definition) is 1. The molecular weight excluding hydrogens is 306 g/mol. The van der Waals surface area contributed by atoms with Crippen LogP contribution in [0.4, 0.5) is 14.5 Å². The van der Waals surface area contributed by atoms with Crippen molar-refractivity contribution in [1.82, 2.24) is 4.98 Å². The summed E-state index contributed by atoms with van der Waals surface area (Å²) in [6.45, 7) is 1.77. The summed E-state index contributed by atoms with van der Waals surface area (Å²) in [7, 11) is 0. The van der Waals surface area contributed by atoms with Crippen molar-refractivity contribution in [2.75, 3.05) is 5.73 Å². The van der Waals surface area contributed by atoms with Crippen molar-refractivity contribution in [3.63, 3.8) is 0 Å². The van der Waals surface area contributed by atoms with E-state index >= 15 is 0 Å². The van der Waals surface area contributed by atoms with Gasteiger partial charge in [0.05, 0.1) is 16.4 Å². The predicted octanol–water partition coefficient (Wildman–Crippen LogP) is 3.81. The van der Waals surface area contributed by atoms with Gasteiger partial charge in [-0.3, -0.25) is 0 Å². The largest absolute Gasteiger partial charge is 0.435 e. The molecule has 1 aromatic heterocycles. The fourth-order valence-corrected chi connectivity index (χ4v) is 1.71. The molecule has 2 N–H and O–H groups in total. The Morgan fingerprint density at radius 3 is 2.72 bits per heavy atom. The SMILES string of the molecule is Cc1c(N)cnc(Oc2ccc(F)cc2F)c1Br. The first-order valence-electron chi connectivity index (χ1n) is 5.02. The molecule has 1 heterocycles. The average molecular weight is 315 g/mol. The second-order valence-corrected chi connectivity index (χ2v) is 4.43. The highest BCUT2D eigenvalue weighted by Crippen LogP contribution is 2.33. The van der Waals surface area contributed by atoms with E-state index in [9.17, 15) is 8.78 Å². The number of halogens is 3. The molecule has 0 unspecified atom stereocenters. The van der Waals surface area contributed by atoms with E-state index in [1.165, 1.54) is 12.3 Å². The summed E-state index contributed by atoms with van der Waals surface area (Å²) in [5.41, 5.74) is 6.89. The van der Waals surface area contributed by atoms with E-state index in [2.05, 4.69) is 20.9 Å². The lowest BCUT2D eigenvalue weighted by molar-refractivity contribution is 0.421. The molecule has 0 spiro atoms. The van der Waals surface area contributed by atoms with Crippen LogP contribution >= 0.6 is 15.9 Å². The molecule has 0 aliphatic rings. The molecule has 94 valence electrons. The second kappa shape index (κ2) is 4.89. The lowest BCUT2D eigenvalue weighted by atomic mass is 10.2. The zero-order chi connectivity index (χ0) is 13.3. The Kier molecular flexibility index (Phi) is 3.47. The van der Waals surface area contributed by atoms with Crippen molar-refractivity contribution >= 4 is 21.6 Å². The van der Waals surface area contributed by atoms with Gasteiger partial charge in [-0.2, -0.15) is 0 Å². The maximum atomic E-state index is 13.4. The van der Waals surface area contributed by atoms with Crippen LogP contribution in [0.15, 0.2) is 28.9 Å². The first-order chi connectivity index (χ1) is 8.49. The Balaban J connectivity index is 2.37. The number of pyridine rings is 1. The van der Waals surface area contributed by atoms with Gasteiger partial charge in [-0.1, -0.05) is 0 Å². The maximum absolute atomic E-state index is 13.4. The average Bonchev–Trinajstić information content (AvgIpc) is 2.33. The maximum Gasteiger partial charge on any atom is 0.234 e. The van der Waals surface area contributed by atoms with E-state index in [4.69, 9.17) is 10.5 Å². The van der Waals surface area contributed by atoms with Crippen LogP contribution in [0.1, 0.15) is 5.56 Å². The van der Waals surface area contributed by atoms with Crippen molar-refractivity contribution in [2.24, 2.45) is 0 Å². The number of nitrogens with two attached hydrogens (primary N) is 1. The molecule has 0 atom stereocenters. The van der Waals surface area contributed by atoms with Crippen molar-refractivity contribution in [2.45, 2.75) is 6.92 Å². The summed E-state index contributed by atoms with van der Waals surface area (Å²) in [5.74, 6) is -1.39. The number of ether oxygens (including phenoxy) is 1. The van der Waals surface area contributed by atoms with E-state index in [0.29, 0.717) is 10.2 Å². The van der Waals surface area contributed by atoms with E-state index < -0.39 is 11.6 Å². The predicted molar refractivity (Wildman–Crippen MR) is 67.5 cm³/mol. The smallest absolute Gasteiger partial charge is 0.234 e. The number of aromatic nitrogens is 1. The molecule has 0 radical (unpaired) electrons. The molecule has 3 nitrogen and oxygen atoms in total. The molecule has 0 saturated heterocycles. The Morgan fingerprint density at radius 1 is 1.33 bits per heavy atom. The topological polar surface area (TPSA) is 48.1 Å². The third-order valence-corrected chi connectivity index (χ3v) is 3.31. The molecule has 0 fully saturated rings. The number of anilines is 1. The summed E-state index contributed by atoms with van der Waals surface area (Å²) in [6, 6.07) is 3.05. The summed E-state index contributed by atoms with van der Waals surface area (Å²) in [6.07, 6.45) is 1.41. The first kappa shape index (κ1) is 12.8. The number of nitrogens with zero attached hydrogens (tertiary/aromatic N) is 1. The Hall–Kier alpha value is -1.69. The molecule has 6 heteroatoms. The lowest BCUT2D eigenvalue weighted by Crippen LogP contribution is -1.97. The van der Waals surface area contributed by atoms with Crippen LogP contribution in [0.2, 0.25) is 0 Å². The van der Waals surface area contributed by atoms with Gasteiger partial charge in [0.2, 0.25) is 5.88 Å². The van der Waals surface area contributed by atoms with Crippen molar-refractivity contribution in [3.05, 3.63) is 46.1 Å². The van der Waals surface area contributed by atoms with Gasteiger partial charge in [0.25, 0.3) is 0 Å². The zero-order valence-corrected chi connectivity index (χ0v) is 11.0. The van der Waals surface area contributed by atoms with Crippen molar-refractivity contribution in [1.29, 1.82) is 0 Å². The first-order valence-corrected chi connectivity index (χ1v) is 5.82. The number of hydrogen-bond acceptors (Lipinski definition) is 3. The molecule has 18 heavy (non-hydrogen) atoms. The minimum Gasteiger partial charge on any atom is -0.435 e. The fraction of sp³-hybridized carbons (Fsp3) is 0.0833. The van der Waals surface area contributed by atoms with Gasteiger partial charge in [0, 0.05) is 6.07 Å². The molecule has 0 saturated carbocycles. The van der Waals surface area contributed by atoms with Crippen LogP contribution in [0, 0.1) is 18.6 Å². The van der Waals surface area contributed by atoms with Crippen LogP contribution in [0.25, 0.3) is 0 Å². The molecular formula is C12H9BrF2N2O.